The number of carbonyl (C=O) groups is 1. The monoisotopic (exact) mass is 328 g/mol. The van der Waals surface area contributed by atoms with Crippen molar-refractivity contribution in [2.45, 2.75) is 43.9 Å². The normalized spacial score (nSPS) is 16.9. The largest absolute Gasteiger partial charge is 0.399 e. The molecule has 3 N–H and O–H groups in total. The molecule has 1 aliphatic rings. The molecule has 3 rings (SSSR count). The number of nitrogen functional groups attached to an aromatic ring is 1. The SMILES string of the molecule is Nc1ccc(CC(=O)NCC2(c3cccs3)CCCCC2)cc1. The molecule has 0 atom stereocenters. The first-order chi connectivity index (χ1) is 11.2. The lowest BCUT2D eigenvalue weighted by Crippen LogP contribution is -2.42. The highest BCUT2D eigenvalue weighted by Gasteiger charge is 2.35. The van der Waals surface area contributed by atoms with Gasteiger partial charge in [0.2, 0.25) is 5.91 Å². The number of anilines is 1. The van der Waals surface area contributed by atoms with Crippen LogP contribution in [0.2, 0.25) is 0 Å². The van der Waals surface area contributed by atoms with Gasteiger partial charge in [-0.05, 0) is 42.0 Å². The van der Waals surface area contributed by atoms with Crippen molar-refractivity contribution >= 4 is 22.9 Å². The third-order valence-corrected chi connectivity index (χ3v) is 5.94. The van der Waals surface area contributed by atoms with Gasteiger partial charge in [-0.3, -0.25) is 4.79 Å². The molecule has 0 saturated heterocycles. The first-order valence-electron chi connectivity index (χ1n) is 8.33. The van der Waals surface area contributed by atoms with Crippen molar-refractivity contribution in [2.24, 2.45) is 0 Å². The highest BCUT2D eigenvalue weighted by atomic mass is 32.1. The summed E-state index contributed by atoms with van der Waals surface area (Å²) in [6, 6.07) is 11.9. The molecule has 4 heteroatoms. The molecule has 23 heavy (non-hydrogen) atoms. The molecule has 1 aromatic carbocycles. The van der Waals surface area contributed by atoms with E-state index in [1.807, 2.05) is 35.6 Å². The standard InChI is InChI=1S/C19H24N2OS/c20-16-8-6-15(7-9-16)13-18(22)21-14-19(10-2-1-3-11-19)17-5-4-12-23-17/h4-9,12H,1-3,10-11,13-14,20H2,(H,21,22). The first-order valence-corrected chi connectivity index (χ1v) is 9.21. The summed E-state index contributed by atoms with van der Waals surface area (Å²) in [6.45, 7) is 0.751. The maximum Gasteiger partial charge on any atom is 0.224 e. The van der Waals surface area contributed by atoms with E-state index in [2.05, 4.69) is 22.8 Å². The zero-order valence-corrected chi connectivity index (χ0v) is 14.2. The molecule has 1 saturated carbocycles. The minimum absolute atomic E-state index is 0.0938. The number of nitrogens with two attached hydrogens (primary N) is 1. The van der Waals surface area contributed by atoms with Crippen molar-refractivity contribution in [1.82, 2.24) is 5.32 Å². The molecule has 122 valence electrons. The molecule has 1 aromatic heterocycles. The van der Waals surface area contributed by atoms with Gasteiger partial charge < -0.3 is 11.1 Å². The number of amides is 1. The molecular weight excluding hydrogens is 304 g/mol. The Labute approximate surface area is 141 Å². The number of nitrogens with one attached hydrogen (secondary N) is 1. The van der Waals surface area contributed by atoms with E-state index in [-0.39, 0.29) is 11.3 Å². The highest BCUT2D eigenvalue weighted by molar-refractivity contribution is 7.10. The lowest BCUT2D eigenvalue weighted by molar-refractivity contribution is -0.120. The molecule has 1 fully saturated rings. The quantitative estimate of drug-likeness (QED) is 0.818. The van der Waals surface area contributed by atoms with Crippen LogP contribution in [0.3, 0.4) is 0 Å². The number of thiophene rings is 1. The fraction of sp³-hybridized carbons (Fsp3) is 0.421. The Balaban J connectivity index is 1.62. The van der Waals surface area contributed by atoms with Crippen molar-refractivity contribution in [2.75, 3.05) is 12.3 Å². The van der Waals surface area contributed by atoms with Gasteiger partial charge in [0.05, 0.1) is 6.42 Å². The molecule has 0 bridgehead atoms. The lowest BCUT2D eigenvalue weighted by atomic mass is 9.73. The second-order valence-electron chi connectivity index (χ2n) is 6.51. The number of hydrogen-bond donors (Lipinski definition) is 2. The van der Waals surface area contributed by atoms with Gasteiger partial charge >= 0.3 is 0 Å². The Kier molecular flexibility index (Phi) is 5.01. The first kappa shape index (κ1) is 16.1. The predicted octanol–water partition coefficient (Wildman–Crippen LogP) is 3.89. The summed E-state index contributed by atoms with van der Waals surface area (Å²) in [5.74, 6) is 0.0938. The fourth-order valence-electron chi connectivity index (χ4n) is 3.47. The van der Waals surface area contributed by atoms with Crippen LogP contribution in [0.15, 0.2) is 41.8 Å². The second-order valence-corrected chi connectivity index (χ2v) is 7.46. The van der Waals surface area contributed by atoms with Crippen LogP contribution in [0.4, 0.5) is 5.69 Å². The molecule has 0 unspecified atom stereocenters. The molecule has 0 radical (unpaired) electrons. The van der Waals surface area contributed by atoms with Crippen molar-refractivity contribution in [1.29, 1.82) is 0 Å². The van der Waals surface area contributed by atoms with Crippen LogP contribution in [0.1, 0.15) is 42.5 Å². The Morgan fingerprint density at radius 1 is 1.13 bits per heavy atom. The average Bonchev–Trinajstić information content (AvgIpc) is 3.11. The topological polar surface area (TPSA) is 55.1 Å². The summed E-state index contributed by atoms with van der Waals surface area (Å²) in [6.07, 6.45) is 6.59. The van der Waals surface area contributed by atoms with Crippen molar-refractivity contribution in [3.8, 4) is 0 Å². The third-order valence-electron chi connectivity index (χ3n) is 4.82. The van der Waals surface area contributed by atoms with Crippen LogP contribution in [0.25, 0.3) is 0 Å². The molecular formula is C19H24N2OS. The maximum absolute atomic E-state index is 12.3. The van der Waals surface area contributed by atoms with Gasteiger partial charge in [-0.15, -0.1) is 11.3 Å². The Morgan fingerprint density at radius 2 is 1.87 bits per heavy atom. The Morgan fingerprint density at radius 3 is 2.52 bits per heavy atom. The molecule has 3 nitrogen and oxygen atoms in total. The van der Waals surface area contributed by atoms with E-state index in [1.165, 1.54) is 37.0 Å². The number of benzene rings is 1. The second kappa shape index (κ2) is 7.18. The molecule has 1 heterocycles. The molecule has 1 amide bonds. The van der Waals surface area contributed by atoms with Crippen LogP contribution < -0.4 is 11.1 Å². The average molecular weight is 328 g/mol. The van der Waals surface area contributed by atoms with Gasteiger partial charge in [-0.25, -0.2) is 0 Å². The summed E-state index contributed by atoms with van der Waals surface area (Å²) in [4.78, 5) is 13.7. The van der Waals surface area contributed by atoms with Crippen LogP contribution in [-0.2, 0) is 16.6 Å². The minimum atomic E-state index is 0.0938. The van der Waals surface area contributed by atoms with E-state index >= 15 is 0 Å². The summed E-state index contributed by atoms with van der Waals surface area (Å²) in [7, 11) is 0. The molecule has 1 aliphatic carbocycles. The number of rotatable bonds is 5. The summed E-state index contributed by atoms with van der Waals surface area (Å²) in [5.41, 5.74) is 7.56. The Bertz CT molecular complexity index is 628. The van der Waals surface area contributed by atoms with E-state index in [4.69, 9.17) is 5.73 Å². The fourth-order valence-corrected chi connectivity index (χ4v) is 4.46. The maximum atomic E-state index is 12.3. The van der Waals surface area contributed by atoms with Crippen LogP contribution in [0.5, 0.6) is 0 Å². The Hall–Kier alpha value is -1.81. The highest BCUT2D eigenvalue weighted by Crippen LogP contribution is 2.41. The van der Waals surface area contributed by atoms with E-state index < -0.39 is 0 Å². The van der Waals surface area contributed by atoms with Gasteiger partial charge in [0, 0.05) is 22.5 Å². The van der Waals surface area contributed by atoms with Crippen molar-refractivity contribution < 1.29 is 4.79 Å². The summed E-state index contributed by atoms with van der Waals surface area (Å²) >= 11 is 1.82. The lowest BCUT2D eigenvalue weighted by Gasteiger charge is -2.36. The van der Waals surface area contributed by atoms with Crippen molar-refractivity contribution in [3.63, 3.8) is 0 Å². The third kappa shape index (κ3) is 3.94. The molecule has 0 aliphatic heterocycles. The van der Waals surface area contributed by atoms with Crippen LogP contribution in [-0.4, -0.2) is 12.5 Å². The van der Waals surface area contributed by atoms with E-state index in [0.717, 1.165) is 17.8 Å². The smallest absolute Gasteiger partial charge is 0.224 e. The van der Waals surface area contributed by atoms with Gasteiger partial charge in [-0.1, -0.05) is 37.5 Å². The molecule has 2 aromatic rings. The summed E-state index contributed by atoms with van der Waals surface area (Å²) in [5, 5.41) is 5.32. The van der Waals surface area contributed by atoms with Crippen LogP contribution in [0, 0.1) is 0 Å². The van der Waals surface area contributed by atoms with E-state index in [0.29, 0.717) is 6.42 Å². The van der Waals surface area contributed by atoms with Gasteiger partial charge in [0.25, 0.3) is 0 Å². The molecule has 0 spiro atoms. The minimum Gasteiger partial charge on any atom is -0.399 e. The van der Waals surface area contributed by atoms with Crippen LogP contribution >= 0.6 is 11.3 Å². The zero-order chi connectivity index (χ0) is 16.1. The zero-order valence-electron chi connectivity index (χ0n) is 13.4. The van der Waals surface area contributed by atoms with Gasteiger partial charge in [0.15, 0.2) is 0 Å². The van der Waals surface area contributed by atoms with E-state index in [1.54, 1.807) is 0 Å². The van der Waals surface area contributed by atoms with Gasteiger partial charge in [0.1, 0.15) is 0 Å². The predicted molar refractivity (Wildman–Crippen MR) is 96.7 cm³/mol. The number of carbonyl (C=O) groups excluding carboxylic acids is 1. The van der Waals surface area contributed by atoms with Crippen molar-refractivity contribution in [3.05, 3.63) is 52.2 Å². The number of hydrogen-bond acceptors (Lipinski definition) is 3. The summed E-state index contributed by atoms with van der Waals surface area (Å²) < 4.78 is 0. The van der Waals surface area contributed by atoms with Gasteiger partial charge in [-0.2, -0.15) is 0 Å². The van der Waals surface area contributed by atoms with E-state index in [9.17, 15) is 4.79 Å².